The van der Waals surface area contributed by atoms with E-state index in [4.69, 9.17) is 28.4 Å². The van der Waals surface area contributed by atoms with Gasteiger partial charge in [0.25, 0.3) is 0 Å². The second-order valence-electron chi connectivity index (χ2n) is 15.3. The van der Waals surface area contributed by atoms with Gasteiger partial charge < -0.3 is 28.4 Å². The topological polar surface area (TPSA) is 188 Å². The number of hydrogen-bond acceptors (Lipinski definition) is 12. The van der Waals surface area contributed by atoms with E-state index in [1.54, 1.807) is 0 Å². The molecule has 3 aliphatic carbocycles. The molecule has 6 aliphatic heterocycles. The minimum Gasteiger partial charge on any atom is -0.464 e. The first kappa shape index (κ1) is 33.3. The Morgan fingerprint density at radius 3 is 0.979 bits per heavy atom. The summed E-state index contributed by atoms with van der Waals surface area (Å²) in [6.45, 7) is 7.10. The fourth-order valence-corrected chi connectivity index (χ4v) is 10.1. The Labute approximate surface area is 281 Å². The van der Waals surface area contributed by atoms with Crippen molar-refractivity contribution >= 4 is 17.9 Å². The molecule has 9 rings (SSSR count). The van der Waals surface area contributed by atoms with Gasteiger partial charge in [0.05, 0.1) is 74.7 Å². The molecule has 6 heterocycles. The van der Waals surface area contributed by atoms with Gasteiger partial charge in [-0.1, -0.05) is 20.8 Å². The van der Waals surface area contributed by atoms with Gasteiger partial charge in [-0.2, -0.15) is 15.8 Å². The number of hydrogen-bond donors (Lipinski definition) is 0. The number of rotatable bonds is 3. The number of carbonyl (C=O) groups is 3. The standard InChI is InChI=1S/3C12H15NO3/c3*1-2-12(6-13)8-4-10-9(16-10)3-7(8)5-15-11(12)14/h3*7-10H,2-5H2,1H3/t3*7-,8-,9+,10-,12-/m111/s1. The number of carbonyl (C=O) groups excluding carboxylic acids is 3. The molecule has 9 fully saturated rings. The smallest absolute Gasteiger partial charge is 0.326 e. The minimum absolute atomic E-state index is 0.132. The number of nitriles is 3. The van der Waals surface area contributed by atoms with Crippen LogP contribution in [0.15, 0.2) is 0 Å². The van der Waals surface area contributed by atoms with Crippen LogP contribution in [0.3, 0.4) is 0 Å². The van der Waals surface area contributed by atoms with Gasteiger partial charge in [-0.15, -0.1) is 0 Å². The predicted molar refractivity (Wildman–Crippen MR) is 163 cm³/mol. The van der Waals surface area contributed by atoms with Crippen molar-refractivity contribution in [1.29, 1.82) is 15.8 Å². The third kappa shape index (κ3) is 5.20. The zero-order valence-corrected chi connectivity index (χ0v) is 27.9. The van der Waals surface area contributed by atoms with Gasteiger partial charge in [-0.25, -0.2) is 0 Å². The Morgan fingerprint density at radius 1 is 0.500 bits per heavy atom. The Bertz CT molecular complexity index is 1300. The Hall–Kier alpha value is -3.24. The van der Waals surface area contributed by atoms with Crippen LogP contribution < -0.4 is 0 Å². The number of epoxide rings is 3. The van der Waals surface area contributed by atoms with Gasteiger partial charge in [-0.3, -0.25) is 14.4 Å². The average molecular weight is 664 g/mol. The van der Waals surface area contributed by atoms with Gasteiger partial charge in [-0.05, 0) is 75.5 Å². The van der Waals surface area contributed by atoms with E-state index in [0.29, 0.717) is 93.5 Å². The molecule has 15 atom stereocenters. The van der Waals surface area contributed by atoms with Crippen LogP contribution in [0.4, 0.5) is 0 Å². The molecule has 0 spiro atoms. The van der Waals surface area contributed by atoms with E-state index in [2.05, 4.69) is 18.2 Å². The Morgan fingerprint density at radius 2 is 0.750 bits per heavy atom. The maximum absolute atomic E-state index is 11.9. The first-order valence-electron chi connectivity index (χ1n) is 17.8. The zero-order valence-electron chi connectivity index (χ0n) is 27.9. The quantitative estimate of drug-likeness (QED) is 0.242. The summed E-state index contributed by atoms with van der Waals surface area (Å²) in [5.41, 5.74) is -2.75. The summed E-state index contributed by atoms with van der Waals surface area (Å²) in [4.78, 5) is 35.6. The van der Waals surface area contributed by atoms with Crippen LogP contribution in [-0.2, 0) is 42.8 Å². The number of ether oxygens (including phenoxy) is 6. The third-order valence-electron chi connectivity index (χ3n) is 13.4. The van der Waals surface area contributed by atoms with Crippen molar-refractivity contribution < 1.29 is 42.8 Å². The van der Waals surface area contributed by atoms with E-state index in [1.165, 1.54) is 0 Å². The van der Waals surface area contributed by atoms with Crippen LogP contribution in [0, 0.1) is 85.7 Å². The Kier molecular flexibility index (Phi) is 8.50. The molecular formula is C36H45N3O9. The highest BCUT2D eigenvalue weighted by molar-refractivity contribution is 5.82. The summed E-state index contributed by atoms with van der Waals surface area (Å²) in [6.07, 6.45) is 9.03. The molecule has 0 aromatic carbocycles. The Balaban J connectivity index is 0.000000114. The highest BCUT2D eigenvalue weighted by Crippen LogP contribution is 2.55. The van der Waals surface area contributed by atoms with Crippen molar-refractivity contribution in [3.05, 3.63) is 0 Å². The van der Waals surface area contributed by atoms with Crippen molar-refractivity contribution in [2.24, 2.45) is 51.8 Å². The van der Waals surface area contributed by atoms with Crippen LogP contribution in [0.1, 0.15) is 78.6 Å². The highest BCUT2D eigenvalue weighted by Gasteiger charge is 2.62. The summed E-state index contributed by atoms with van der Waals surface area (Å²) in [6, 6.07) is 6.68. The van der Waals surface area contributed by atoms with E-state index >= 15 is 0 Å². The lowest BCUT2D eigenvalue weighted by Crippen LogP contribution is -2.50. The molecule has 12 heteroatoms. The van der Waals surface area contributed by atoms with E-state index in [9.17, 15) is 30.2 Å². The van der Waals surface area contributed by atoms with Gasteiger partial charge >= 0.3 is 17.9 Å². The van der Waals surface area contributed by atoms with Crippen molar-refractivity contribution in [3.8, 4) is 18.2 Å². The zero-order chi connectivity index (χ0) is 34.0. The summed E-state index contributed by atoms with van der Waals surface area (Å²) >= 11 is 0. The lowest BCUT2D eigenvalue weighted by Gasteiger charge is -2.42. The summed E-state index contributed by atoms with van der Waals surface area (Å²) in [5, 5.41) is 28.1. The van der Waals surface area contributed by atoms with Crippen molar-refractivity contribution in [3.63, 3.8) is 0 Å². The molecule has 6 saturated heterocycles. The van der Waals surface area contributed by atoms with Crippen LogP contribution in [0.25, 0.3) is 0 Å². The maximum atomic E-state index is 11.9. The first-order chi connectivity index (χ1) is 23.1. The van der Waals surface area contributed by atoms with E-state index in [0.717, 1.165) is 38.5 Å². The molecule has 0 aromatic heterocycles. The monoisotopic (exact) mass is 663 g/mol. The number of fused-ring (bicyclic) bond motifs is 6. The van der Waals surface area contributed by atoms with Gasteiger partial charge in [0.15, 0.2) is 16.2 Å². The van der Waals surface area contributed by atoms with E-state index in [1.807, 2.05) is 20.8 Å². The lowest BCUT2D eigenvalue weighted by atomic mass is 9.62. The number of cyclic esters (lactones) is 3. The van der Waals surface area contributed by atoms with Crippen LogP contribution in [0.2, 0.25) is 0 Å². The van der Waals surface area contributed by atoms with E-state index < -0.39 is 16.2 Å². The average Bonchev–Trinajstić information content (AvgIpc) is 4.01. The largest absolute Gasteiger partial charge is 0.464 e. The van der Waals surface area contributed by atoms with Crippen LogP contribution in [0.5, 0.6) is 0 Å². The molecule has 0 amide bonds. The molecule has 48 heavy (non-hydrogen) atoms. The first-order valence-corrected chi connectivity index (χ1v) is 17.8. The fraction of sp³-hybridized carbons (Fsp3) is 0.833. The molecule has 0 radical (unpaired) electrons. The lowest BCUT2D eigenvalue weighted by molar-refractivity contribution is -0.171. The summed E-state index contributed by atoms with van der Waals surface area (Å²) in [7, 11) is 0. The normalized spacial score (nSPS) is 49.6. The summed E-state index contributed by atoms with van der Waals surface area (Å²) in [5.74, 6) is 0.393. The second-order valence-corrected chi connectivity index (χ2v) is 15.3. The summed E-state index contributed by atoms with van der Waals surface area (Å²) < 4.78 is 32.1. The van der Waals surface area contributed by atoms with E-state index in [-0.39, 0.29) is 35.7 Å². The van der Waals surface area contributed by atoms with Gasteiger partial charge in [0.1, 0.15) is 0 Å². The van der Waals surface area contributed by atoms with Crippen molar-refractivity contribution in [2.45, 2.75) is 115 Å². The molecule has 9 aliphatic rings. The fourth-order valence-electron chi connectivity index (χ4n) is 10.1. The van der Waals surface area contributed by atoms with Gasteiger partial charge in [0.2, 0.25) is 0 Å². The molecule has 258 valence electrons. The van der Waals surface area contributed by atoms with Crippen LogP contribution in [-0.4, -0.2) is 74.4 Å². The third-order valence-corrected chi connectivity index (χ3v) is 13.4. The van der Waals surface area contributed by atoms with Crippen molar-refractivity contribution in [2.75, 3.05) is 19.8 Å². The van der Waals surface area contributed by atoms with Crippen molar-refractivity contribution in [1.82, 2.24) is 0 Å². The molecule has 0 unspecified atom stereocenters. The van der Waals surface area contributed by atoms with Gasteiger partial charge in [0, 0.05) is 17.8 Å². The maximum Gasteiger partial charge on any atom is 0.326 e. The molecular weight excluding hydrogens is 618 g/mol. The molecule has 3 saturated carbocycles. The minimum atomic E-state index is -0.917. The number of esters is 3. The molecule has 12 nitrogen and oxygen atoms in total. The highest BCUT2D eigenvalue weighted by atomic mass is 16.6. The second kappa shape index (κ2) is 12.3. The SMILES string of the molecule is CC[C@]1(C#N)C(=O)OC[C@H]2C[C@@H]3O[C@@H]3C[C@H]21.CC[C@]1(C#N)C(=O)OC[C@H]2C[C@@H]3O[C@@H]3C[C@H]21.CC[C@]1(C#N)C(=O)OC[C@H]2C[C@@H]3O[C@@H]3C[C@H]21. The predicted octanol–water partition coefficient (Wildman–Crippen LogP) is 3.77. The molecule has 0 bridgehead atoms. The number of nitrogens with zero attached hydrogens (tertiary/aromatic N) is 3. The molecule has 0 N–H and O–H groups in total. The van der Waals surface area contributed by atoms with Crippen LogP contribution >= 0.6 is 0 Å². The molecule has 0 aromatic rings.